The molecule has 0 aliphatic carbocycles. The predicted octanol–water partition coefficient (Wildman–Crippen LogP) is 2.46. The third-order valence-corrected chi connectivity index (χ3v) is 3.11. The number of benzene rings is 1. The Hall–Kier alpha value is -2.85. The molecule has 0 spiro atoms. The van der Waals surface area contributed by atoms with Crippen LogP contribution in [0, 0.1) is 16.0 Å². The minimum absolute atomic E-state index is 0.136. The van der Waals surface area contributed by atoms with Gasteiger partial charge in [0.15, 0.2) is 0 Å². The van der Waals surface area contributed by atoms with Crippen LogP contribution in [0.1, 0.15) is 15.9 Å². The minimum atomic E-state index is -0.447. The van der Waals surface area contributed by atoms with Crippen LogP contribution in [0.3, 0.4) is 0 Å². The number of methoxy groups -OCH3 is 1. The van der Waals surface area contributed by atoms with Gasteiger partial charge in [-0.05, 0) is 18.2 Å². The van der Waals surface area contributed by atoms with E-state index in [4.69, 9.17) is 28.0 Å². The molecule has 0 fully saturated rings. The monoisotopic (exact) mass is 300 g/mol. The number of aromatic amines is 1. The summed E-state index contributed by atoms with van der Waals surface area (Å²) in [7, 11) is 1.51. The summed E-state index contributed by atoms with van der Waals surface area (Å²) < 4.78 is 5.32. The molecule has 1 heterocycles. The zero-order chi connectivity index (χ0) is 15.4. The lowest BCUT2D eigenvalue weighted by atomic mass is 10.2. The maximum absolute atomic E-state index is 12.3. The Labute approximate surface area is 126 Å². The number of hydrogen-bond acceptors (Lipinski definition) is 5. The number of H-pyrrole nitrogens is 1. The van der Waals surface area contributed by atoms with Crippen LogP contribution in [0.15, 0.2) is 30.3 Å². The summed E-state index contributed by atoms with van der Waals surface area (Å²) in [6.45, 7) is 0. The van der Waals surface area contributed by atoms with Gasteiger partial charge in [0.25, 0.3) is 5.91 Å². The molecule has 0 aliphatic rings. The molecule has 21 heavy (non-hydrogen) atoms. The van der Waals surface area contributed by atoms with Gasteiger partial charge in [0.2, 0.25) is 0 Å². The average Bonchev–Trinajstić information content (AvgIpc) is 2.47. The van der Waals surface area contributed by atoms with Gasteiger partial charge in [0.05, 0.1) is 23.9 Å². The topological polar surface area (TPSA) is 104 Å². The number of carbonyl (C=O) groups excluding carboxylic acids is 1. The van der Waals surface area contributed by atoms with Crippen LogP contribution >= 0.6 is 12.2 Å². The number of para-hydroxylation sites is 2. The normalized spacial score (nSPS) is 9.71. The Morgan fingerprint density at radius 3 is 2.86 bits per heavy atom. The van der Waals surface area contributed by atoms with Crippen LogP contribution in [0.25, 0.3) is 0 Å². The maximum atomic E-state index is 12.3. The summed E-state index contributed by atoms with van der Waals surface area (Å²) in [5, 5.41) is 11.6. The molecule has 2 aromatic rings. The summed E-state index contributed by atoms with van der Waals surface area (Å²) in [5.41, 5.74) is 6.44. The molecule has 6 nitrogen and oxygen atoms in total. The van der Waals surface area contributed by atoms with E-state index in [0.29, 0.717) is 11.4 Å². The SMILES string of the molecule is COc1ccccc1NC(=O)c1cc(C#N)c(N)[nH]c1=S. The number of amides is 1. The highest BCUT2D eigenvalue weighted by Crippen LogP contribution is 2.24. The van der Waals surface area contributed by atoms with E-state index in [0.717, 1.165) is 0 Å². The van der Waals surface area contributed by atoms with Crippen molar-refractivity contribution in [2.24, 2.45) is 0 Å². The number of nitrogens with one attached hydrogen (secondary N) is 2. The lowest BCUT2D eigenvalue weighted by Crippen LogP contribution is -2.14. The van der Waals surface area contributed by atoms with Gasteiger partial charge in [-0.15, -0.1) is 0 Å². The summed E-state index contributed by atoms with van der Waals surface area (Å²) in [6.07, 6.45) is 0. The highest BCUT2D eigenvalue weighted by molar-refractivity contribution is 7.71. The number of nitrogen functional groups attached to an aromatic ring is 1. The molecule has 0 saturated carbocycles. The van der Waals surface area contributed by atoms with E-state index in [9.17, 15) is 4.79 Å². The van der Waals surface area contributed by atoms with Gasteiger partial charge in [-0.1, -0.05) is 24.4 Å². The van der Waals surface area contributed by atoms with Crippen molar-refractivity contribution in [2.75, 3.05) is 18.2 Å². The summed E-state index contributed by atoms with van der Waals surface area (Å²) >= 11 is 5.06. The minimum Gasteiger partial charge on any atom is -0.495 e. The number of nitriles is 1. The van der Waals surface area contributed by atoms with Gasteiger partial charge in [0, 0.05) is 0 Å². The number of carbonyl (C=O) groups is 1. The van der Waals surface area contributed by atoms with E-state index in [1.54, 1.807) is 24.3 Å². The summed E-state index contributed by atoms with van der Waals surface area (Å²) in [6, 6.07) is 10.2. The van der Waals surface area contributed by atoms with Gasteiger partial charge in [-0.3, -0.25) is 4.79 Å². The van der Waals surface area contributed by atoms with E-state index in [1.807, 2.05) is 6.07 Å². The van der Waals surface area contributed by atoms with Crippen molar-refractivity contribution in [3.8, 4) is 11.8 Å². The summed E-state index contributed by atoms with van der Waals surface area (Å²) in [4.78, 5) is 14.9. The van der Waals surface area contributed by atoms with E-state index >= 15 is 0 Å². The second kappa shape index (κ2) is 6.07. The number of nitrogens with two attached hydrogens (primary N) is 1. The summed E-state index contributed by atoms with van der Waals surface area (Å²) in [5.74, 6) is 0.213. The molecule has 0 aliphatic heterocycles. The van der Waals surface area contributed by atoms with Crippen LogP contribution < -0.4 is 15.8 Å². The van der Waals surface area contributed by atoms with Crippen molar-refractivity contribution in [1.29, 1.82) is 5.26 Å². The fraction of sp³-hybridized carbons (Fsp3) is 0.0714. The number of anilines is 2. The fourth-order valence-corrected chi connectivity index (χ4v) is 2.00. The Morgan fingerprint density at radius 1 is 1.48 bits per heavy atom. The van der Waals surface area contributed by atoms with E-state index in [1.165, 1.54) is 13.2 Å². The number of ether oxygens (including phenoxy) is 1. The van der Waals surface area contributed by atoms with Gasteiger partial charge in [0.1, 0.15) is 22.3 Å². The molecule has 0 saturated heterocycles. The molecule has 2 rings (SSSR count). The molecule has 0 radical (unpaired) electrons. The Bertz CT molecular complexity index is 792. The fourth-order valence-electron chi connectivity index (χ4n) is 1.74. The number of nitrogens with zero attached hydrogens (tertiary/aromatic N) is 1. The molecular weight excluding hydrogens is 288 g/mol. The lowest BCUT2D eigenvalue weighted by Gasteiger charge is -2.10. The van der Waals surface area contributed by atoms with Gasteiger partial charge < -0.3 is 20.8 Å². The molecule has 1 amide bonds. The molecule has 4 N–H and O–H groups in total. The highest BCUT2D eigenvalue weighted by Gasteiger charge is 2.13. The first kappa shape index (κ1) is 14.6. The molecule has 7 heteroatoms. The van der Waals surface area contributed by atoms with Crippen molar-refractivity contribution in [3.63, 3.8) is 0 Å². The van der Waals surface area contributed by atoms with E-state index in [-0.39, 0.29) is 21.6 Å². The molecule has 0 bridgehead atoms. The van der Waals surface area contributed by atoms with Crippen LogP contribution in [0.4, 0.5) is 11.5 Å². The standard InChI is InChI=1S/C14H12N4O2S/c1-20-11-5-3-2-4-10(11)17-13(19)9-6-8(7-15)12(16)18-14(9)21/h2-6H,1H3,(H,17,19)(H3,16,18,21). The van der Waals surface area contributed by atoms with Gasteiger partial charge in [-0.2, -0.15) is 5.26 Å². The van der Waals surface area contributed by atoms with Gasteiger partial charge in [-0.25, -0.2) is 0 Å². The number of hydrogen-bond donors (Lipinski definition) is 3. The smallest absolute Gasteiger partial charge is 0.258 e. The third-order valence-electron chi connectivity index (χ3n) is 2.79. The predicted molar refractivity (Wildman–Crippen MR) is 81.7 cm³/mol. The first-order valence-corrected chi connectivity index (χ1v) is 6.35. The third kappa shape index (κ3) is 3.01. The van der Waals surface area contributed by atoms with Crippen molar-refractivity contribution in [1.82, 2.24) is 4.98 Å². The Kier molecular flexibility index (Phi) is 4.21. The van der Waals surface area contributed by atoms with Crippen molar-refractivity contribution in [3.05, 3.63) is 46.1 Å². The van der Waals surface area contributed by atoms with Crippen LogP contribution in [-0.4, -0.2) is 18.0 Å². The van der Waals surface area contributed by atoms with Crippen molar-refractivity contribution < 1.29 is 9.53 Å². The lowest BCUT2D eigenvalue weighted by molar-refractivity contribution is 0.102. The molecule has 0 atom stereocenters. The van der Waals surface area contributed by atoms with Crippen LogP contribution in [0.2, 0.25) is 0 Å². The molecule has 0 unspecified atom stereocenters. The first-order valence-electron chi connectivity index (χ1n) is 5.94. The van der Waals surface area contributed by atoms with Crippen LogP contribution in [-0.2, 0) is 0 Å². The zero-order valence-electron chi connectivity index (χ0n) is 11.1. The largest absolute Gasteiger partial charge is 0.495 e. The number of aromatic nitrogens is 1. The van der Waals surface area contributed by atoms with Crippen LogP contribution in [0.5, 0.6) is 5.75 Å². The maximum Gasteiger partial charge on any atom is 0.258 e. The second-order valence-electron chi connectivity index (χ2n) is 4.11. The van der Waals surface area contributed by atoms with E-state index < -0.39 is 5.91 Å². The first-order chi connectivity index (χ1) is 10.1. The molecule has 1 aromatic carbocycles. The van der Waals surface area contributed by atoms with Crippen molar-refractivity contribution >= 4 is 29.6 Å². The quantitative estimate of drug-likeness (QED) is 0.755. The highest BCUT2D eigenvalue weighted by atomic mass is 32.1. The molecular formula is C14H12N4O2S. The Balaban J connectivity index is 2.38. The number of rotatable bonds is 3. The van der Waals surface area contributed by atoms with Gasteiger partial charge >= 0.3 is 0 Å². The average molecular weight is 300 g/mol. The number of pyridine rings is 1. The van der Waals surface area contributed by atoms with Crippen molar-refractivity contribution in [2.45, 2.75) is 0 Å². The zero-order valence-corrected chi connectivity index (χ0v) is 12.0. The second-order valence-corrected chi connectivity index (χ2v) is 4.51. The Morgan fingerprint density at radius 2 is 2.19 bits per heavy atom. The van der Waals surface area contributed by atoms with E-state index in [2.05, 4.69) is 10.3 Å². The molecule has 1 aromatic heterocycles. The molecule has 106 valence electrons.